The minimum Gasteiger partial charge on any atom is -0.484 e. The van der Waals surface area contributed by atoms with E-state index in [1.165, 1.54) is 0 Å². The van der Waals surface area contributed by atoms with Crippen LogP contribution >= 0.6 is 22.6 Å². The summed E-state index contributed by atoms with van der Waals surface area (Å²) in [5.41, 5.74) is 2.12. The number of benzene rings is 2. The number of nitrogens with zero attached hydrogens (tertiary/aromatic N) is 1. The van der Waals surface area contributed by atoms with Crippen LogP contribution in [0, 0.1) is 10.5 Å². The molecule has 2 amide bonds. The van der Waals surface area contributed by atoms with Crippen LogP contribution in [0.25, 0.3) is 0 Å². The highest BCUT2D eigenvalue weighted by molar-refractivity contribution is 14.1. The van der Waals surface area contributed by atoms with E-state index in [1.807, 2.05) is 69.3 Å². The Bertz CT molecular complexity index is 788. The average Bonchev–Trinajstić information content (AvgIpc) is 2.65. The first-order chi connectivity index (χ1) is 13.3. The van der Waals surface area contributed by atoms with Crippen LogP contribution in [0.15, 0.2) is 48.5 Å². The Morgan fingerprint density at radius 2 is 1.64 bits per heavy atom. The number of carbonyl (C=O) groups is 2. The zero-order chi connectivity index (χ0) is 20.7. The maximum absolute atomic E-state index is 12.9. The van der Waals surface area contributed by atoms with Gasteiger partial charge in [-0.2, -0.15) is 0 Å². The number of hydrogen-bond donors (Lipinski definition) is 1. The molecule has 0 heterocycles. The largest absolute Gasteiger partial charge is 0.484 e. The summed E-state index contributed by atoms with van der Waals surface area (Å²) in [7, 11) is 0. The predicted molar refractivity (Wildman–Crippen MR) is 119 cm³/mol. The number of amides is 2. The Kier molecular flexibility index (Phi) is 8.29. The first-order valence-electron chi connectivity index (χ1n) is 9.30. The van der Waals surface area contributed by atoms with Crippen LogP contribution in [0.4, 0.5) is 0 Å². The lowest BCUT2D eigenvalue weighted by atomic mass is 10.1. The fraction of sp³-hybridized carbons (Fsp3) is 0.364. The van der Waals surface area contributed by atoms with Gasteiger partial charge in [-0.3, -0.25) is 9.59 Å². The summed E-state index contributed by atoms with van der Waals surface area (Å²) in [6, 6.07) is 14.9. The molecular weight excluding hydrogens is 467 g/mol. The highest BCUT2D eigenvalue weighted by atomic mass is 127. The standard InChI is InChI=1S/C22H27IN2O3/c1-15(2)24-22(27)17(4)25(13-18-7-5-16(3)6-8-18)21(26)14-28-20-11-9-19(23)10-12-20/h5-12,15,17H,13-14H2,1-4H3,(H,24,27)/t17-/m0/s1. The van der Waals surface area contributed by atoms with E-state index in [1.54, 1.807) is 11.8 Å². The lowest BCUT2D eigenvalue weighted by Gasteiger charge is -2.29. The van der Waals surface area contributed by atoms with Gasteiger partial charge in [-0.25, -0.2) is 0 Å². The van der Waals surface area contributed by atoms with Crippen molar-refractivity contribution in [2.45, 2.75) is 46.3 Å². The van der Waals surface area contributed by atoms with Crippen LogP contribution in [0.5, 0.6) is 5.75 Å². The fourth-order valence-electron chi connectivity index (χ4n) is 2.64. The molecule has 0 aliphatic carbocycles. The highest BCUT2D eigenvalue weighted by Gasteiger charge is 2.26. The van der Waals surface area contributed by atoms with Gasteiger partial charge in [0.25, 0.3) is 5.91 Å². The number of ether oxygens (including phenoxy) is 1. The van der Waals surface area contributed by atoms with Crippen molar-refractivity contribution < 1.29 is 14.3 Å². The van der Waals surface area contributed by atoms with E-state index in [0.717, 1.165) is 14.7 Å². The van der Waals surface area contributed by atoms with Crippen LogP contribution in [-0.4, -0.2) is 35.4 Å². The third kappa shape index (κ3) is 6.82. The maximum Gasteiger partial charge on any atom is 0.261 e. The van der Waals surface area contributed by atoms with Gasteiger partial charge < -0.3 is 15.0 Å². The number of nitrogens with one attached hydrogen (secondary N) is 1. The van der Waals surface area contributed by atoms with Gasteiger partial charge in [0.15, 0.2) is 6.61 Å². The van der Waals surface area contributed by atoms with E-state index in [-0.39, 0.29) is 24.5 Å². The van der Waals surface area contributed by atoms with E-state index < -0.39 is 6.04 Å². The molecule has 0 saturated heterocycles. The molecule has 2 rings (SSSR count). The summed E-state index contributed by atoms with van der Waals surface area (Å²) < 4.78 is 6.74. The van der Waals surface area contributed by atoms with Crippen molar-refractivity contribution in [3.8, 4) is 5.75 Å². The van der Waals surface area contributed by atoms with Gasteiger partial charge in [-0.15, -0.1) is 0 Å². The molecule has 0 aliphatic heterocycles. The van der Waals surface area contributed by atoms with Crippen LogP contribution in [0.1, 0.15) is 31.9 Å². The van der Waals surface area contributed by atoms with Gasteiger partial charge in [-0.1, -0.05) is 29.8 Å². The fourth-order valence-corrected chi connectivity index (χ4v) is 3.00. The third-order valence-corrected chi connectivity index (χ3v) is 4.97. The molecule has 0 bridgehead atoms. The normalized spacial score (nSPS) is 11.8. The number of halogens is 1. The van der Waals surface area contributed by atoms with E-state index in [2.05, 4.69) is 27.9 Å². The molecule has 0 saturated carbocycles. The molecule has 150 valence electrons. The quantitative estimate of drug-likeness (QED) is 0.567. The second-order valence-corrected chi connectivity index (χ2v) is 8.33. The summed E-state index contributed by atoms with van der Waals surface area (Å²) in [5.74, 6) is 0.221. The molecule has 0 aromatic heterocycles. The van der Waals surface area contributed by atoms with Crippen molar-refractivity contribution in [2.24, 2.45) is 0 Å². The predicted octanol–water partition coefficient (Wildman–Crippen LogP) is 3.92. The van der Waals surface area contributed by atoms with Gasteiger partial charge in [0.2, 0.25) is 5.91 Å². The molecule has 2 aromatic rings. The smallest absolute Gasteiger partial charge is 0.261 e. The van der Waals surface area contributed by atoms with E-state index in [9.17, 15) is 9.59 Å². The van der Waals surface area contributed by atoms with Crippen molar-refractivity contribution in [1.29, 1.82) is 0 Å². The molecule has 0 unspecified atom stereocenters. The van der Waals surface area contributed by atoms with Crippen LogP contribution in [0.3, 0.4) is 0 Å². The number of carbonyl (C=O) groups excluding carboxylic acids is 2. The maximum atomic E-state index is 12.9. The molecule has 0 aliphatic rings. The van der Waals surface area contributed by atoms with Crippen molar-refractivity contribution in [2.75, 3.05) is 6.61 Å². The summed E-state index contributed by atoms with van der Waals surface area (Å²) in [4.78, 5) is 27.0. The van der Waals surface area contributed by atoms with Crippen LogP contribution < -0.4 is 10.1 Å². The number of aryl methyl sites for hydroxylation is 1. The summed E-state index contributed by atoms with van der Waals surface area (Å²) in [6.45, 7) is 7.79. The lowest BCUT2D eigenvalue weighted by molar-refractivity contribution is -0.142. The minimum atomic E-state index is -0.600. The van der Waals surface area contributed by atoms with Crippen LogP contribution in [-0.2, 0) is 16.1 Å². The van der Waals surface area contributed by atoms with Crippen molar-refractivity contribution >= 4 is 34.4 Å². The van der Waals surface area contributed by atoms with Gasteiger partial charge >= 0.3 is 0 Å². The zero-order valence-electron chi connectivity index (χ0n) is 16.7. The Hall–Kier alpha value is -2.09. The molecule has 5 nitrogen and oxygen atoms in total. The molecule has 28 heavy (non-hydrogen) atoms. The Morgan fingerprint density at radius 3 is 2.21 bits per heavy atom. The molecule has 0 spiro atoms. The topological polar surface area (TPSA) is 58.6 Å². The Labute approximate surface area is 180 Å². The summed E-state index contributed by atoms with van der Waals surface area (Å²) in [5, 5.41) is 2.88. The van der Waals surface area contributed by atoms with Gasteiger partial charge in [0.05, 0.1) is 0 Å². The molecule has 0 fully saturated rings. The van der Waals surface area contributed by atoms with E-state index in [0.29, 0.717) is 12.3 Å². The van der Waals surface area contributed by atoms with Crippen molar-refractivity contribution in [3.63, 3.8) is 0 Å². The highest BCUT2D eigenvalue weighted by Crippen LogP contribution is 2.15. The second kappa shape index (κ2) is 10.5. The molecule has 0 radical (unpaired) electrons. The molecule has 1 atom stereocenters. The SMILES string of the molecule is Cc1ccc(CN(C(=O)COc2ccc(I)cc2)[C@@H](C)C(=O)NC(C)C)cc1. The molecular formula is C22H27IN2O3. The van der Waals surface area contributed by atoms with E-state index in [4.69, 9.17) is 4.74 Å². The number of rotatable bonds is 8. The van der Waals surface area contributed by atoms with E-state index >= 15 is 0 Å². The molecule has 6 heteroatoms. The Morgan fingerprint density at radius 1 is 1.04 bits per heavy atom. The third-order valence-electron chi connectivity index (χ3n) is 4.25. The molecule has 2 aromatic carbocycles. The zero-order valence-corrected chi connectivity index (χ0v) is 18.9. The minimum absolute atomic E-state index is 0.00863. The Balaban J connectivity index is 2.12. The number of hydrogen-bond acceptors (Lipinski definition) is 3. The lowest BCUT2D eigenvalue weighted by Crippen LogP contribution is -2.50. The van der Waals surface area contributed by atoms with Crippen molar-refractivity contribution in [3.05, 3.63) is 63.2 Å². The molecule has 1 N–H and O–H groups in total. The first-order valence-corrected chi connectivity index (χ1v) is 10.4. The first kappa shape index (κ1) is 22.2. The summed E-state index contributed by atoms with van der Waals surface area (Å²) in [6.07, 6.45) is 0. The van der Waals surface area contributed by atoms with Gasteiger partial charge in [-0.05, 0) is 80.1 Å². The monoisotopic (exact) mass is 494 g/mol. The van der Waals surface area contributed by atoms with Gasteiger partial charge in [0.1, 0.15) is 11.8 Å². The van der Waals surface area contributed by atoms with Gasteiger partial charge in [0, 0.05) is 16.2 Å². The average molecular weight is 494 g/mol. The summed E-state index contributed by atoms with van der Waals surface area (Å²) >= 11 is 2.21. The van der Waals surface area contributed by atoms with Crippen molar-refractivity contribution in [1.82, 2.24) is 10.2 Å². The second-order valence-electron chi connectivity index (χ2n) is 7.09. The van der Waals surface area contributed by atoms with Crippen LogP contribution in [0.2, 0.25) is 0 Å².